The van der Waals surface area contributed by atoms with Crippen molar-refractivity contribution in [2.45, 2.75) is 59.1 Å². The van der Waals surface area contributed by atoms with E-state index >= 15 is 0 Å². The van der Waals surface area contributed by atoms with Crippen molar-refractivity contribution in [3.05, 3.63) is 47.6 Å². The Morgan fingerprint density at radius 1 is 0.658 bits per heavy atom. The lowest BCUT2D eigenvalue weighted by Crippen LogP contribution is -2.37. The van der Waals surface area contributed by atoms with Crippen molar-refractivity contribution in [3.63, 3.8) is 0 Å². The third-order valence-corrected chi connectivity index (χ3v) is 9.65. The van der Waals surface area contributed by atoms with E-state index in [2.05, 4.69) is 25.6 Å². The molecule has 0 spiro atoms. The van der Waals surface area contributed by atoms with Gasteiger partial charge in [0.15, 0.2) is 0 Å². The number of amides is 3. The molecule has 0 atom stereocenters. The monoisotopic (exact) mass is 1040 g/mol. The maximum Gasteiger partial charge on any atom is 0.407 e. The third kappa shape index (κ3) is 30.5. The molecule has 2 aromatic rings. The Labute approximate surface area is 427 Å². The summed E-state index contributed by atoms with van der Waals surface area (Å²) in [6, 6.07) is 5.58. The van der Waals surface area contributed by atoms with Gasteiger partial charge in [0.1, 0.15) is 11.7 Å². The van der Waals surface area contributed by atoms with Gasteiger partial charge in [-0.1, -0.05) is 19.1 Å². The Morgan fingerprint density at radius 3 is 1.60 bits per heavy atom. The summed E-state index contributed by atoms with van der Waals surface area (Å²) in [5.74, 6) is -0.719. The van der Waals surface area contributed by atoms with Gasteiger partial charge in [0.05, 0.1) is 164 Å². The van der Waals surface area contributed by atoms with E-state index in [0.717, 1.165) is 11.1 Å². The van der Waals surface area contributed by atoms with Gasteiger partial charge in [-0.3, -0.25) is 19.2 Å². The first kappa shape index (κ1) is 62.0. The summed E-state index contributed by atoms with van der Waals surface area (Å²) in [5, 5.41) is 15.2. The van der Waals surface area contributed by atoms with Gasteiger partial charge in [-0.05, 0) is 38.0 Å². The molecule has 1 aromatic carbocycles. The molecule has 24 nitrogen and oxygen atoms in total. The first-order valence-electron chi connectivity index (χ1n) is 24.7. The van der Waals surface area contributed by atoms with Crippen molar-refractivity contribution in [2.75, 3.05) is 152 Å². The van der Waals surface area contributed by atoms with Gasteiger partial charge in [-0.15, -0.1) is 0 Å². The predicted octanol–water partition coefficient (Wildman–Crippen LogP) is 2.87. The van der Waals surface area contributed by atoms with E-state index in [1.807, 2.05) is 25.1 Å². The molecule has 2 heterocycles. The first-order chi connectivity index (χ1) is 35.5. The molecule has 73 heavy (non-hydrogen) atoms. The van der Waals surface area contributed by atoms with Crippen molar-refractivity contribution in [2.24, 2.45) is 10.7 Å². The lowest BCUT2D eigenvalue weighted by Gasteiger charge is -2.22. The molecule has 0 fully saturated rings. The highest BCUT2D eigenvalue weighted by Crippen LogP contribution is 2.32. The molecule has 0 radical (unpaired) electrons. The van der Waals surface area contributed by atoms with E-state index in [4.69, 9.17) is 67.8 Å². The number of amidine groups is 1. The molecule has 3 amide bonds. The number of rotatable bonds is 44. The van der Waals surface area contributed by atoms with Gasteiger partial charge in [0.25, 0.3) is 5.91 Å². The minimum atomic E-state index is -0.886. The molecule has 0 saturated heterocycles. The van der Waals surface area contributed by atoms with Crippen molar-refractivity contribution in [3.8, 4) is 11.1 Å². The number of nitrogens with zero attached hydrogens (tertiary/aromatic N) is 4. The van der Waals surface area contributed by atoms with Crippen molar-refractivity contribution >= 4 is 41.5 Å². The van der Waals surface area contributed by atoms with Gasteiger partial charge >= 0.3 is 12.1 Å². The second-order valence-electron chi connectivity index (χ2n) is 16.0. The molecular weight excluding hydrogens is 959 g/mol. The Kier molecular flexibility index (Phi) is 34.1. The molecular formula is C49H77N7O17. The second-order valence-corrected chi connectivity index (χ2v) is 16.0. The van der Waals surface area contributed by atoms with Crippen LogP contribution in [0.15, 0.2) is 41.2 Å². The molecule has 3 rings (SSSR count). The average molecular weight is 1040 g/mol. The number of carboxylic acids is 1. The van der Waals surface area contributed by atoms with Crippen LogP contribution in [0.5, 0.6) is 0 Å². The standard InChI is InChI=1S/C49H77N7O17/c1-4-10-56(72-13-9-51-49(61)73-38(2)3)48(60)41-32-40-6-5-39(33-43(40)55-44(50)34-41)42-35-52-45(53-36-42)37-54-46(57)7-11-62-14-16-64-18-20-66-22-24-68-26-28-70-30-31-71-29-27-69-25-23-67-21-19-65-17-15-63-12-8-47(58)59/h5-6,32-33,35-36,38H,4,7-31,34,37H2,1-3H3,(H2,50,55)(H,51,61)(H,54,57)(H,58,59). The van der Waals surface area contributed by atoms with Crippen LogP contribution in [-0.2, 0) is 77.9 Å². The largest absolute Gasteiger partial charge is 0.481 e. The Balaban J connectivity index is 1.13. The van der Waals surface area contributed by atoms with E-state index in [0.29, 0.717) is 155 Å². The van der Waals surface area contributed by atoms with Crippen LogP contribution in [-0.4, -0.2) is 208 Å². The smallest absolute Gasteiger partial charge is 0.407 e. The summed E-state index contributed by atoms with van der Waals surface area (Å²) in [6.45, 7) is 14.2. The van der Waals surface area contributed by atoms with Crippen molar-refractivity contribution in [1.82, 2.24) is 25.7 Å². The lowest BCUT2D eigenvalue weighted by atomic mass is 10.0. The molecule has 1 aromatic heterocycles. The number of benzene rings is 1. The van der Waals surface area contributed by atoms with E-state index in [1.54, 1.807) is 32.3 Å². The zero-order valence-corrected chi connectivity index (χ0v) is 42.7. The topological polar surface area (TPSA) is 291 Å². The third-order valence-electron chi connectivity index (χ3n) is 9.65. The summed E-state index contributed by atoms with van der Waals surface area (Å²) < 4.78 is 59.4. The SMILES string of the molecule is CCCN(OCCNC(=O)OC(C)C)C(=O)C1=Cc2ccc(-c3cnc(CNC(=O)CCOCCOCCOCCOCCOCCOCCOCCOCCOCCOCCC(=O)O)nc3)cc2N=C(N)C1. The van der Waals surface area contributed by atoms with Crippen molar-refractivity contribution < 1.29 is 81.2 Å². The number of carbonyl (C=O) groups excluding carboxylic acids is 3. The number of aliphatic carboxylic acids is 1. The molecule has 5 N–H and O–H groups in total. The summed E-state index contributed by atoms with van der Waals surface area (Å²) in [5.41, 5.74) is 9.51. The molecule has 24 heteroatoms. The van der Waals surface area contributed by atoms with Gasteiger partial charge in [-0.25, -0.2) is 24.8 Å². The van der Waals surface area contributed by atoms with E-state index in [-0.39, 0.29) is 75.9 Å². The lowest BCUT2D eigenvalue weighted by molar-refractivity contribution is -0.181. The Bertz CT molecular complexity index is 1910. The number of hydrogen-bond donors (Lipinski definition) is 4. The fraction of sp³-hybridized carbons (Fsp3) is 0.653. The summed E-state index contributed by atoms with van der Waals surface area (Å²) in [4.78, 5) is 67.3. The highest BCUT2D eigenvalue weighted by atomic mass is 16.7. The molecule has 0 saturated carbocycles. The molecule has 1 aliphatic rings. The van der Waals surface area contributed by atoms with Crippen LogP contribution in [0.2, 0.25) is 0 Å². The van der Waals surface area contributed by atoms with Crippen LogP contribution in [0.4, 0.5) is 10.5 Å². The molecule has 0 bridgehead atoms. The van der Waals surface area contributed by atoms with E-state index < -0.39 is 12.1 Å². The van der Waals surface area contributed by atoms with Gasteiger partial charge in [0, 0.05) is 55.0 Å². The van der Waals surface area contributed by atoms with E-state index in [9.17, 15) is 19.2 Å². The fourth-order valence-electron chi connectivity index (χ4n) is 6.13. The fourth-order valence-corrected chi connectivity index (χ4v) is 6.13. The molecule has 0 aliphatic carbocycles. The van der Waals surface area contributed by atoms with Gasteiger partial charge in [0.2, 0.25) is 5.91 Å². The number of fused-ring (bicyclic) bond motifs is 1. The Morgan fingerprint density at radius 2 is 1.14 bits per heavy atom. The van der Waals surface area contributed by atoms with E-state index in [1.165, 1.54) is 5.06 Å². The number of ether oxygens (including phenoxy) is 11. The number of alkyl carbamates (subject to hydrolysis) is 1. The number of nitrogens with one attached hydrogen (secondary N) is 2. The maximum atomic E-state index is 13.5. The second kappa shape index (κ2) is 40.2. The minimum absolute atomic E-state index is 0.0170. The quantitative estimate of drug-likeness (QED) is 0.0548. The minimum Gasteiger partial charge on any atom is -0.481 e. The van der Waals surface area contributed by atoms with Crippen LogP contribution in [0.3, 0.4) is 0 Å². The molecule has 0 unspecified atom stereocenters. The van der Waals surface area contributed by atoms with Crippen molar-refractivity contribution in [1.29, 1.82) is 0 Å². The summed E-state index contributed by atoms with van der Waals surface area (Å²) >= 11 is 0. The van der Waals surface area contributed by atoms with Gasteiger partial charge in [-0.2, -0.15) is 0 Å². The maximum absolute atomic E-state index is 13.5. The number of carboxylic acid groups (broad SMARTS) is 1. The zero-order valence-electron chi connectivity index (χ0n) is 42.7. The van der Waals surface area contributed by atoms with Crippen LogP contribution in [0, 0.1) is 0 Å². The first-order valence-corrected chi connectivity index (χ1v) is 24.7. The molecule has 410 valence electrons. The van der Waals surface area contributed by atoms with Crippen LogP contribution in [0.25, 0.3) is 17.2 Å². The Hall–Kier alpha value is -5.25. The molecule has 1 aliphatic heterocycles. The number of hydroxylamine groups is 2. The number of carbonyl (C=O) groups is 4. The van der Waals surface area contributed by atoms with Crippen LogP contribution < -0.4 is 16.4 Å². The highest BCUT2D eigenvalue weighted by Gasteiger charge is 2.23. The zero-order chi connectivity index (χ0) is 52.6. The number of hydrogen-bond acceptors (Lipinski definition) is 20. The van der Waals surface area contributed by atoms with Crippen LogP contribution >= 0.6 is 0 Å². The highest BCUT2D eigenvalue weighted by molar-refractivity contribution is 6.05. The number of aliphatic imine (C=N–C) groups is 1. The summed E-state index contributed by atoms with van der Waals surface area (Å²) in [6.07, 6.45) is 5.22. The predicted molar refractivity (Wildman–Crippen MR) is 266 cm³/mol. The van der Waals surface area contributed by atoms with Gasteiger partial charge < -0.3 is 73.6 Å². The number of aromatic nitrogens is 2. The normalized spacial score (nSPS) is 12.2. The average Bonchev–Trinajstić information content (AvgIpc) is 3.54. The van der Waals surface area contributed by atoms with Crippen LogP contribution in [0.1, 0.15) is 57.8 Å². The number of nitrogens with two attached hydrogens (primary N) is 1. The summed E-state index contributed by atoms with van der Waals surface area (Å²) in [7, 11) is 0.